The zero-order chi connectivity index (χ0) is 22.9. The van der Waals surface area contributed by atoms with Crippen molar-refractivity contribution in [2.45, 2.75) is 37.8 Å². The van der Waals surface area contributed by atoms with Gasteiger partial charge in [-0.05, 0) is 45.4 Å². The lowest BCUT2D eigenvalue weighted by atomic mass is 10.1. The zero-order valence-corrected chi connectivity index (χ0v) is 20.3. The summed E-state index contributed by atoms with van der Waals surface area (Å²) in [6, 6.07) is 11.7. The molecule has 0 bridgehead atoms. The Bertz CT molecular complexity index is 1010. The Morgan fingerprint density at radius 3 is 2.19 bits per heavy atom. The summed E-state index contributed by atoms with van der Waals surface area (Å²) < 4.78 is 17.9. The summed E-state index contributed by atoms with van der Waals surface area (Å²) in [5, 5.41) is 11.5. The fourth-order valence-corrected chi connectivity index (χ4v) is 4.54. The van der Waals surface area contributed by atoms with Crippen LogP contribution in [0.4, 0.5) is 5.13 Å². The van der Waals surface area contributed by atoms with Gasteiger partial charge in [0, 0.05) is 11.3 Å². The molecule has 1 aromatic heterocycles. The highest BCUT2D eigenvalue weighted by molar-refractivity contribution is 8.00. The Kier molecular flexibility index (Phi) is 8.75. The number of rotatable bonds is 11. The molecule has 0 aliphatic carbocycles. The van der Waals surface area contributed by atoms with Crippen molar-refractivity contribution in [1.82, 2.24) is 10.2 Å². The number of carbonyl (C=O) groups is 1. The predicted molar refractivity (Wildman–Crippen MR) is 129 cm³/mol. The standard InChI is InChI=1S/C23H27N3O4S2/c1-5-28-18-12-17(13-19(29-6-2)20(18)30-7-3)21(27)24-22-25-26-23(32-22)31-14-16-10-8-15(4)9-11-16/h8-13H,5-7,14H2,1-4H3,(H,24,25,27). The lowest BCUT2D eigenvalue weighted by Crippen LogP contribution is -2.13. The molecule has 3 aromatic rings. The summed E-state index contributed by atoms with van der Waals surface area (Å²) >= 11 is 2.93. The van der Waals surface area contributed by atoms with Gasteiger partial charge in [-0.2, -0.15) is 0 Å². The quantitative estimate of drug-likeness (QED) is 0.287. The Morgan fingerprint density at radius 2 is 1.59 bits per heavy atom. The Balaban J connectivity index is 1.71. The van der Waals surface area contributed by atoms with Crippen LogP contribution >= 0.6 is 23.1 Å². The van der Waals surface area contributed by atoms with Gasteiger partial charge in [0.2, 0.25) is 10.9 Å². The molecule has 1 amide bonds. The van der Waals surface area contributed by atoms with Crippen molar-refractivity contribution in [3.63, 3.8) is 0 Å². The molecule has 170 valence electrons. The van der Waals surface area contributed by atoms with Crippen molar-refractivity contribution < 1.29 is 19.0 Å². The van der Waals surface area contributed by atoms with Gasteiger partial charge in [-0.1, -0.05) is 52.9 Å². The molecule has 0 saturated heterocycles. The fraction of sp³-hybridized carbons (Fsp3) is 0.348. The van der Waals surface area contributed by atoms with Crippen LogP contribution in [0.5, 0.6) is 17.2 Å². The number of anilines is 1. The molecule has 0 atom stereocenters. The molecule has 1 heterocycles. The number of amides is 1. The van der Waals surface area contributed by atoms with E-state index >= 15 is 0 Å². The maximum atomic E-state index is 12.9. The second-order valence-electron chi connectivity index (χ2n) is 6.70. The number of aromatic nitrogens is 2. The molecular formula is C23H27N3O4S2. The van der Waals surface area contributed by atoms with Crippen LogP contribution in [-0.2, 0) is 5.75 Å². The van der Waals surface area contributed by atoms with Gasteiger partial charge in [0.15, 0.2) is 15.8 Å². The minimum Gasteiger partial charge on any atom is -0.490 e. The van der Waals surface area contributed by atoms with E-state index in [1.54, 1.807) is 23.9 Å². The van der Waals surface area contributed by atoms with Crippen LogP contribution in [-0.4, -0.2) is 35.9 Å². The van der Waals surface area contributed by atoms with Gasteiger partial charge in [-0.25, -0.2) is 0 Å². The maximum Gasteiger partial charge on any atom is 0.257 e. The van der Waals surface area contributed by atoms with Crippen LogP contribution < -0.4 is 19.5 Å². The molecule has 0 spiro atoms. The molecule has 9 heteroatoms. The molecule has 7 nitrogen and oxygen atoms in total. The second-order valence-corrected chi connectivity index (χ2v) is 8.90. The van der Waals surface area contributed by atoms with Gasteiger partial charge in [-0.3, -0.25) is 10.1 Å². The first-order chi connectivity index (χ1) is 15.5. The number of carbonyl (C=O) groups excluding carboxylic acids is 1. The van der Waals surface area contributed by atoms with Crippen LogP contribution in [0.2, 0.25) is 0 Å². The molecule has 0 radical (unpaired) electrons. The number of aryl methyl sites for hydroxylation is 1. The highest BCUT2D eigenvalue weighted by Crippen LogP contribution is 2.39. The second kappa shape index (κ2) is 11.7. The highest BCUT2D eigenvalue weighted by atomic mass is 32.2. The molecule has 0 aliphatic heterocycles. The van der Waals surface area contributed by atoms with E-state index in [0.29, 0.717) is 47.8 Å². The van der Waals surface area contributed by atoms with Gasteiger partial charge in [0.25, 0.3) is 5.91 Å². The van der Waals surface area contributed by atoms with E-state index in [0.717, 1.165) is 10.1 Å². The first kappa shape index (κ1) is 23.9. The van der Waals surface area contributed by atoms with E-state index < -0.39 is 0 Å². The average molecular weight is 474 g/mol. The Morgan fingerprint density at radius 1 is 0.969 bits per heavy atom. The van der Waals surface area contributed by atoms with E-state index in [1.165, 1.54) is 22.5 Å². The van der Waals surface area contributed by atoms with Crippen molar-refractivity contribution in [2.75, 3.05) is 25.1 Å². The number of nitrogens with zero attached hydrogens (tertiary/aromatic N) is 2. The summed E-state index contributed by atoms with van der Waals surface area (Å²) in [6.07, 6.45) is 0. The van der Waals surface area contributed by atoms with Crippen LogP contribution in [0.25, 0.3) is 0 Å². The monoisotopic (exact) mass is 473 g/mol. The molecule has 32 heavy (non-hydrogen) atoms. The van der Waals surface area contributed by atoms with Gasteiger partial charge in [-0.15, -0.1) is 10.2 Å². The number of ether oxygens (including phenoxy) is 3. The maximum absolute atomic E-state index is 12.9. The molecule has 1 N–H and O–H groups in total. The largest absolute Gasteiger partial charge is 0.490 e. The summed E-state index contributed by atoms with van der Waals surface area (Å²) in [5.74, 6) is 1.91. The van der Waals surface area contributed by atoms with Gasteiger partial charge in [0.05, 0.1) is 19.8 Å². The highest BCUT2D eigenvalue weighted by Gasteiger charge is 2.19. The number of hydrogen-bond donors (Lipinski definition) is 1. The third-order valence-electron chi connectivity index (χ3n) is 4.28. The number of benzene rings is 2. The number of hydrogen-bond acceptors (Lipinski definition) is 8. The Hall–Kier alpha value is -2.78. The lowest BCUT2D eigenvalue weighted by Gasteiger charge is -2.16. The first-order valence-corrected chi connectivity index (χ1v) is 12.2. The summed E-state index contributed by atoms with van der Waals surface area (Å²) in [4.78, 5) is 12.9. The fourth-order valence-electron chi connectivity index (χ4n) is 2.84. The Labute approximate surface area is 196 Å². The average Bonchev–Trinajstić information content (AvgIpc) is 3.23. The third-order valence-corrected chi connectivity index (χ3v) is 6.32. The SMILES string of the molecule is CCOc1cc(C(=O)Nc2nnc(SCc3ccc(C)cc3)s2)cc(OCC)c1OCC. The van der Waals surface area contributed by atoms with Crippen LogP contribution in [0.15, 0.2) is 40.7 Å². The molecular weight excluding hydrogens is 446 g/mol. The van der Waals surface area contributed by atoms with Crippen molar-refractivity contribution in [2.24, 2.45) is 0 Å². The minimum atomic E-state index is -0.318. The first-order valence-electron chi connectivity index (χ1n) is 10.4. The minimum absolute atomic E-state index is 0.318. The van der Waals surface area contributed by atoms with Gasteiger partial charge >= 0.3 is 0 Å². The molecule has 3 rings (SSSR count). The summed E-state index contributed by atoms with van der Waals surface area (Å²) in [6.45, 7) is 9.04. The normalized spacial score (nSPS) is 10.6. The van der Waals surface area contributed by atoms with Crippen molar-refractivity contribution >= 4 is 34.1 Å². The molecule has 0 fully saturated rings. The van der Waals surface area contributed by atoms with Crippen LogP contribution in [0, 0.1) is 6.92 Å². The predicted octanol–water partition coefficient (Wildman–Crippen LogP) is 5.59. The number of nitrogens with one attached hydrogen (secondary N) is 1. The summed E-state index contributed by atoms with van der Waals surface area (Å²) in [7, 11) is 0. The van der Waals surface area contributed by atoms with E-state index in [9.17, 15) is 4.79 Å². The van der Waals surface area contributed by atoms with E-state index in [1.807, 2.05) is 20.8 Å². The molecule has 0 unspecified atom stereocenters. The van der Waals surface area contributed by atoms with Gasteiger partial charge in [0.1, 0.15) is 0 Å². The van der Waals surface area contributed by atoms with Crippen molar-refractivity contribution in [3.8, 4) is 17.2 Å². The van der Waals surface area contributed by atoms with Crippen LogP contribution in [0.1, 0.15) is 42.3 Å². The van der Waals surface area contributed by atoms with E-state index in [4.69, 9.17) is 14.2 Å². The lowest BCUT2D eigenvalue weighted by molar-refractivity contribution is 0.102. The zero-order valence-electron chi connectivity index (χ0n) is 18.6. The van der Waals surface area contributed by atoms with E-state index in [2.05, 4.69) is 46.7 Å². The number of thioether (sulfide) groups is 1. The van der Waals surface area contributed by atoms with Crippen molar-refractivity contribution in [3.05, 3.63) is 53.1 Å². The molecule has 0 saturated carbocycles. The summed E-state index contributed by atoms with van der Waals surface area (Å²) in [5.41, 5.74) is 2.83. The molecule has 2 aromatic carbocycles. The van der Waals surface area contributed by atoms with Crippen molar-refractivity contribution in [1.29, 1.82) is 0 Å². The molecule has 0 aliphatic rings. The van der Waals surface area contributed by atoms with Crippen LogP contribution in [0.3, 0.4) is 0 Å². The smallest absolute Gasteiger partial charge is 0.257 e. The van der Waals surface area contributed by atoms with Gasteiger partial charge < -0.3 is 14.2 Å². The topological polar surface area (TPSA) is 82.6 Å². The third kappa shape index (κ3) is 6.37. The van der Waals surface area contributed by atoms with E-state index in [-0.39, 0.29) is 5.91 Å².